The summed E-state index contributed by atoms with van der Waals surface area (Å²) in [5.41, 5.74) is 7.24. The second-order valence-corrected chi connectivity index (χ2v) is 7.00. The fraction of sp³-hybridized carbons (Fsp3) is 0.312. The number of nitrogens with zero attached hydrogens (tertiary/aromatic N) is 1. The number of nitrogens with two attached hydrogens (primary N) is 1. The summed E-state index contributed by atoms with van der Waals surface area (Å²) in [7, 11) is 0. The van der Waals surface area contributed by atoms with Crippen molar-refractivity contribution >= 4 is 27.7 Å². The Bertz CT molecular complexity index is 575. The Morgan fingerprint density at radius 1 is 1.24 bits per heavy atom. The molecule has 0 aliphatic rings. The Labute approximate surface area is 138 Å². The zero-order valence-corrected chi connectivity index (χ0v) is 14.5. The molecule has 0 bridgehead atoms. The highest BCUT2D eigenvalue weighted by molar-refractivity contribution is 9.10. The smallest absolute Gasteiger partial charge is 0.138 e. The number of hydrogen-bond donors (Lipinski definition) is 1. The van der Waals surface area contributed by atoms with Gasteiger partial charge in [-0.05, 0) is 49.7 Å². The number of pyridine rings is 1. The quantitative estimate of drug-likeness (QED) is 0.768. The van der Waals surface area contributed by atoms with E-state index in [-0.39, 0.29) is 12.1 Å². The van der Waals surface area contributed by atoms with Crippen LogP contribution in [0, 0.1) is 0 Å². The molecule has 3 nitrogen and oxygen atoms in total. The van der Waals surface area contributed by atoms with Crippen LogP contribution in [0.1, 0.15) is 25.5 Å². The molecule has 5 heteroatoms. The number of ether oxygens (including phenoxy) is 1. The molecule has 1 heterocycles. The standard InChI is InChI=1S/C16H19BrN2OS/c1-11(2)20-14-7-12(8-19-9-14)16(18)10-21-15-5-3-13(17)4-6-15/h3-9,11,16H,10,18H2,1-2H3. The molecule has 1 unspecified atom stereocenters. The lowest BCUT2D eigenvalue weighted by Gasteiger charge is -2.14. The lowest BCUT2D eigenvalue weighted by atomic mass is 10.1. The molecule has 2 aromatic rings. The van der Waals surface area contributed by atoms with E-state index in [4.69, 9.17) is 10.5 Å². The second kappa shape index (κ2) is 7.82. The Kier molecular flexibility index (Phi) is 6.08. The van der Waals surface area contributed by atoms with Crippen LogP contribution in [0.25, 0.3) is 0 Å². The zero-order chi connectivity index (χ0) is 15.2. The monoisotopic (exact) mass is 366 g/mol. The Hall–Kier alpha value is -1.04. The SMILES string of the molecule is CC(C)Oc1cncc(C(N)CSc2ccc(Br)cc2)c1. The van der Waals surface area contributed by atoms with E-state index in [1.54, 1.807) is 24.2 Å². The van der Waals surface area contributed by atoms with Gasteiger partial charge in [0, 0.05) is 27.4 Å². The molecular formula is C16H19BrN2OS. The van der Waals surface area contributed by atoms with Gasteiger partial charge in [-0.15, -0.1) is 11.8 Å². The molecule has 112 valence electrons. The van der Waals surface area contributed by atoms with Crippen LogP contribution < -0.4 is 10.5 Å². The first-order chi connectivity index (χ1) is 10.0. The van der Waals surface area contributed by atoms with Gasteiger partial charge in [0.05, 0.1) is 12.3 Å². The molecule has 1 atom stereocenters. The summed E-state index contributed by atoms with van der Waals surface area (Å²) < 4.78 is 6.73. The van der Waals surface area contributed by atoms with Crippen molar-refractivity contribution in [2.45, 2.75) is 30.9 Å². The van der Waals surface area contributed by atoms with Crippen molar-refractivity contribution in [1.82, 2.24) is 4.98 Å². The Morgan fingerprint density at radius 2 is 1.95 bits per heavy atom. The van der Waals surface area contributed by atoms with E-state index in [1.807, 2.05) is 32.0 Å². The van der Waals surface area contributed by atoms with E-state index >= 15 is 0 Å². The summed E-state index contributed by atoms with van der Waals surface area (Å²) in [4.78, 5) is 5.41. The van der Waals surface area contributed by atoms with Crippen LogP contribution in [0.4, 0.5) is 0 Å². The molecule has 1 aromatic heterocycles. The predicted octanol–water partition coefficient (Wildman–Crippen LogP) is 4.42. The lowest BCUT2D eigenvalue weighted by Crippen LogP contribution is -2.14. The van der Waals surface area contributed by atoms with E-state index in [2.05, 4.69) is 33.0 Å². The molecule has 2 N–H and O–H groups in total. The van der Waals surface area contributed by atoms with E-state index in [9.17, 15) is 0 Å². The molecule has 0 spiro atoms. The maximum absolute atomic E-state index is 6.25. The summed E-state index contributed by atoms with van der Waals surface area (Å²) in [6.45, 7) is 3.99. The van der Waals surface area contributed by atoms with Crippen molar-refractivity contribution in [2.24, 2.45) is 5.73 Å². The minimum Gasteiger partial charge on any atom is -0.489 e. The fourth-order valence-corrected chi connectivity index (χ4v) is 2.95. The van der Waals surface area contributed by atoms with Gasteiger partial charge in [-0.1, -0.05) is 15.9 Å². The molecule has 0 aliphatic heterocycles. The normalized spacial score (nSPS) is 12.4. The topological polar surface area (TPSA) is 48.1 Å². The number of benzene rings is 1. The summed E-state index contributed by atoms with van der Waals surface area (Å²) in [6.07, 6.45) is 3.66. The van der Waals surface area contributed by atoms with E-state index in [0.717, 1.165) is 21.5 Å². The lowest BCUT2D eigenvalue weighted by molar-refractivity contribution is 0.241. The maximum Gasteiger partial charge on any atom is 0.138 e. The van der Waals surface area contributed by atoms with Gasteiger partial charge in [-0.3, -0.25) is 4.98 Å². The zero-order valence-electron chi connectivity index (χ0n) is 12.1. The summed E-state index contributed by atoms with van der Waals surface area (Å²) in [5, 5.41) is 0. The third kappa shape index (κ3) is 5.34. The maximum atomic E-state index is 6.25. The van der Waals surface area contributed by atoms with Crippen molar-refractivity contribution < 1.29 is 4.74 Å². The largest absolute Gasteiger partial charge is 0.489 e. The van der Waals surface area contributed by atoms with Crippen LogP contribution in [-0.4, -0.2) is 16.8 Å². The predicted molar refractivity (Wildman–Crippen MR) is 91.8 cm³/mol. The first kappa shape index (κ1) is 16.3. The highest BCUT2D eigenvalue weighted by Gasteiger charge is 2.09. The second-order valence-electron chi connectivity index (χ2n) is 4.99. The Balaban J connectivity index is 1.96. The van der Waals surface area contributed by atoms with Gasteiger partial charge in [0.15, 0.2) is 0 Å². The number of hydrogen-bond acceptors (Lipinski definition) is 4. The molecule has 0 fully saturated rings. The highest BCUT2D eigenvalue weighted by atomic mass is 79.9. The first-order valence-electron chi connectivity index (χ1n) is 6.80. The van der Waals surface area contributed by atoms with Crippen molar-refractivity contribution in [1.29, 1.82) is 0 Å². The van der Waals surface area contributed by atoms with Crippen LogP contribution >= 0.6 is 27.7 Å². The van der Waals surface area contributed by atoms with Gasteiger partial charge in [-0.2, -0.15) is 0 Å². The van der Waals surface area contributed by atoms with Gasteiger partial charge in [0.2, 0.25) is 0 Å². The van der Waals surface area contributed by atoms with Crippen molar-refractivity contribution in [3.63, 3.8) is 0 Å². The number of thioether (sulfide) groups is 1. The van der Waals surface area contributed by atoms with Crippen LogP contribution in [-0.2, 0) is 0 Å². The van der Waals surface area contributed by atoms with Crippen LogP contribution in [0.3, 0.4) is 0 Å². The fourth-order valence-electron chi connectivity index (χ4n) is 1.79. The van der Waals surface area contributed by atoms with Gasteiger partial charge in [0.1, 0.15) is 5.75 Å². The highest BCUT2D eigenvalue weighted by Crippen LogP contribution is 2.26. The average molecular weight is 367 g/mol. The average Bonchev–Trinajstić information content (AvgIpc) is 2.46. The molecule has 0 saturated carbocycles. The minimum atomic E-state index is -0.0677. The molecule has 0 radical (unpaired) electrons. The Morgan fingerprint density at radius 3 is 2.62 bits per heavy atom. The third-order valence-electron chi connectivity index (χ3n) is 2.78. The number of halogens is 1. The number of rotatable bonds is 6. The third-order valence-corrected chi connectivity index (χ3v) is 4.44. The molecule has 2 rings (SSSR count). The number of aromatic nitrogens is 1. The molecule has 1 aromatic carbocycles. The van der Waals surface area contributed by atoms with Crippen LogP contribution in [0.15, 0.2) is 52.1 Å². The molecule has 0 amide bonds. The van der Waals surface area contributed by atoms with Gasteiger partial charge >= 0.3 is 0 Å². The van der Waals surface area contributed by atoms with Gasteiger partial charge in [0.25, 0.3) is 0 Å². The summed E-state index contributed by atoms with van der Waals surface area (Å²) in [6, 6.07) is 10.1. The van der Waals surface area contributed by atoms with E-state index < -0.39 is 0 Å². The van der Waals surface area contributed by atoms with Gasteiger partial charge < -0.3 is 10.5 Å². The van der Waals surface area contributed by atoms with Gasteiger partial charge in [-0.25, -0.2) is 0 Å². The summed E-state index contributed by atoms with van der Waals surface area (Å²) in [5.74, 6) is 1.57. The van der Waals surface area contributed by atoms with Crippen LogP contribution in [0.5, 0.6) is 5.75 Å². The van der Waals surface area contributed by atoms with Crippen molar-refractivity contribution in [2.75, 3.05) is 5.75 Å². The van der Waals surface area contributed by atoms with Crippen molar-refractivity contribution in [3.05, 3.63) is 52.8 Å². The molecule has 21 heavy (non-hydrogen) atoms. The minimum absolute atomic E-state index is 0.0677. The van der Waals surface area contributed by atoms with Crippen LogP contribution in [0.2, 0.25) is 0 Å². The summed E-state index contributed by atoms with van der Waals surface area (Å²) >= 11 is 5.17. The van der Waals surface area contributed by atoms with E-state index in [1.165, 1.54) is 4.90 Å². The molecular weight excluding hydrogens is 348 g/mol. The molecule has 0 saturated heterocycles. The molecule has 0 aliphatic carbocycles. The first-order valence-corrected chi connectivity index (χ1v) is 8.58. The van der Waals surface area contributed by atoms with Crippen molar-refractivity contribution in [3.8, 4) is 5.75 Å². The van der Waals surface area contributed by atoms with E-state index in [0.29, 0.717) is 0 Å².